The summed E-state index contributed by atoms with van der Waals surface area (Å²) in [7, 11) is 2.07. The van der Waals surface area contributed by atoms with E-state index in [-0.39, 0.29) is 0 Å². The minimum Gasteiger partial charge on any atom is -0.381 e. The first kappa shape index (κ1) is 13.1. The fourth-order valence-corrected chi connectivity index (χ4v) is 3.04. The summed E-state index contributed by atoms with van der Waals surface area (Å²) in [6.45, 7) is 5.31. The fourth-order valence-electron chi connectivity index (χ4n) is 3.04. The smallest absolute Gasteiger partial charge is 0.0949 e. The van der Waals surface area contributed by atoms with Gasteiger partial charge in [0.25, 0.3) is 0 Å². The van der Waals surface area contributed by atoms with Crippen LogP contribution in [0, 0.1) is 5.92 Å². The highest BCUT2D eigenvalue weighted by Gasteiger charge is 2.24. The van der Waals surface area contributed by atoms with Crippen molar-refractivity contribution in [3.05, 3.63) is 17.7 Å². The van der Waals surface area contributed by atoms with Gasteiger partial charge in [-0.15, -0.1) is 0 Å². The molecule has 1 saturated heterocycles. The highest BCUT2D eigenvalue weighted by molar-refractivity contribution is 5.21. The third-order valence-corrected chi connectivity index (χ3v) is 4.15. The molecule has 1 N–H and O–H groups in total. The summed E-state index contributed by atoms with van der Waals surface area (Å²) < 4.78 is 13.5. The predicted molar refractivity (Wildman–Crippen MR) is 72.0 cm³/mol. The summed E-state index contributed by atoms with van der Waals surface area (Å²) in [5.41, 5.74) is 2.51. The molecule has 0 bridgehead atoms. The zero-order chi connectivity index (χ0) is 13.1. The lowest BCUT2D eigenvalue weighted by atomic mass is 10.00. The molecule has 19 heavy (non-hydrogen) atoms. The van der Waals surface area contributed by atoms with Gasteiger partial charge in [-0.3, -0.25) is 0 Å². The lowest BCUT2D eigenvalue weighted by molar-refractivity contribution is 0.0163. The van der Waals surface area contributed by atoms with Crippen molar-refractivity contribution in [1.29, 1.82) is 0 Å². The maximum Gasteiger partial charge on any atom is 0.0949 e. The van der Waals surface area contributed by atoms with Crippen LogP contribution >= 0.6 is 0 Å². The normalized spacial score (nSPS) is 24.4. The molecule has 2 aliphatic rings. The van der Waals surface area contributed by atoms with E-state index in [4.69, 9.17) is 9.47 Å². The molecule has 5 heteroatoms. The summed E-state index contributed by atoms with van der Waals surface area (Å²) in [6.07, 6.45) is 4.18. The Balaban J connectivity index is 1.51. The zero-order valence-corrected chi connectivity index (χ0v) is 11.6. The Morgan fingerprint density at radius 2 is 2.26 bits per heavy atom. The summed E-state index contributed by atoms with van der Waals surface area (Å²) in [6, 6.07) is 0. The first-order chi connectivity index (χ1) is 9.34. The molecular weight excluding hydrogens is 242 g/mol. The number of nitrogens with zero attached hydrogens (tertiary/aromatic N) is 2. The summed E-state index contributed by atoms with van der Waals surface area (Å²) in [5.74, 6) is 1.10. The Morgan fingerprint density at radius 1 is 1.42 bits per heavy atom. The average molecular weight is 265 g/mol. The molecule has 0 spiro atoms. The van der Waals surface area contributed by atoms with Crippen LogP contribution in [-0.4, -0.2) is 42.5 Å². The van der Waals surface area contributed by atoms with Crippen molar-refractivity contribution in [1.82, 2.24) is 14.9 Å². The quantitative estimate of drug-likeness (QED) is 0.884. The number of ether oxygens (including phenoxy) is 2. The lowest BCUT2D eigenvalue weighted by Crippen LogP contribution is -2.32. The number of hydrogen-bond donors (Lipinski definition) is 1. The molecule has 1 atom stereocenters. The lowest BCUT2D eigenvalue weighted by Gasteiger charge is -2.26. The highest BCUT2D eigenvalue weighted by Crippen LogP contribution is 2.23. The standard InChI is InChI=1S/C14H23N3O2/c1-17-10-16-13-7-15-6-12(14(13)17)9-19-8-11-2-4-18-5-3-11/h10-12,15H,2-9H2,1H3/t12-/m1/s1. The van der Waals surface area contributed by atoms with Gasteiger partial charge < -0.3 is 19.4 Å². The van der Waals surface area contributed by atoms with Gasteiger partial charge in [-0.1, -0.05) is 0 Å². The van der Waals surface area contributed by atoms with Crippen molar-refractivity contribution < 1.29 is 9.47 Å². The molecule has 0 aliphatic carbocycles. The van der Waals surface area contributed by atoms with Crippen LogP contribution in [0.2, 0.25) is 0 Å². The predicted octanol–water partition coefficient (Wildman–Crippen LogP) is 1.05. The third kappa shape index (κ3) is 2.99. The summed E-state index contributed by atoms with van der Waals surface area (Å²) in [5, 5.41) is 3.42. The Labute approximate surface area is 114 Å². The first-order valence-corrected chi connectivity index (χ1v) is 7.21. The minimum atomic E-state index is 0.427. The van der Waals surface area contributed by atoms with Gasteiger partial charge in [0.05, 0.1) is 18.6 Å². The topological polar surface area (TPSA) is 48.3 Å². The molecule has 106 valence electrons. The molecule has 0 saturated carbocycles. The van der Waals surface area contributed by atoms with Gasteiger partial charge in [-0.25, -0.2) is 4.98 Å². The van der Waals surface area contributed by atoms with Crippen LogP contribution in [0.1, 0.15) is 30.1 Å². The van der Waals surface area contributed by atoms with Crippen LogP contribution < -0.4 is 5.32 Å². The third-order valence-electron chi connectivity index (χ3n) is 4.15. The van der Waals surface area contributed by atoms with E-state index in [1.165, 1.54) is 11.4 Å². The van der Waals surface area contributed by atoms with E-state index in [1.54, 1.807) is 0 Å². The van der Waals surface area contributed by atoms with Crippen LogP contribution in [0.5, 0.6) is 0 Å². The monoisotopic (exact) mass is 265 g/mol. The molecule has 3 heterocycles. The zero-order valence-electron chi connectivity index (χ0n) is 11.6. The van der Waals surface area contributed by atoms with Crippen molar-refractivity contribution in [2.75, 3.05) is 33.0 Å². The average Bonchev–Trinajstić information content (AvgIpc) is 2.83. The maximum atomic E-state index is 5.96. The second-order valence-corrected chi connectivity index (χ2v) is 5.61. The molecule has 1 aromatic rings. The second kappa shape index (κ2) is 6.03. The Hall–Kier alpha value is -0.910. The van der Waals surface area contributed by atoms with E-state index in [0.717, 1.165) is 52.4 Å². The maximum absolute atomic E-state index is 5.96. The number of fused-ring (bicyclic) bond motifs is 1. The van der Waals surface area contributed by atoms with Crippen molar-refractivity contribution in [2.45, 2.75) is 25.3 Å². The molecule has 3 rings (SSSR count). The van der Waals surface area contributed by atoms with Crippen LogP contribution in [0.25, 0.3) is 0 Å². The number of hydrogen-bond acceptors (Lipinski definition) is 4. The first-order valence-electron chi connectivity index (χ1n) is 7.21. The molecule has 1 fully saturated rings. The van der Waals surface area contributed by atoms with Gasteiger partial charge in [-0.05, 0) is 18.8 Å². The minimum absolute atomic E-state index is 0.427. The van der Waals surface area contributed by atoms with E-state index < -0.39 is 0 Å². The molecule has 0 amide bonds. The van der Waals surface area contributed by atoms with E-state index in [0.29, 0.717) is 11.8 Å². The van der Waals surface area contributed by atoms with E-state index in [1.807, 2.05) is 6.33 Å². The SMILES string of the molecule is Cn1cnc2c1[C@@H](COCC1CCOCC1)CNC2. The van der Waals surface area contributed by atoms with Crippen LogP contribution in [0.4, 0.5) is 0 Å². The van der Waals surface area contributed by atoms with Crippen molar-refractivity contribution in [3.63, 3.8) is 0 Å². The molecular formula is C14H23N3O2. The molecule has 0 radical (unpaired) electrons. The largest absolute Gasteiger partial charge is 0.381 e. The van der Waals surface area contributed by atoms with E-state index in [9.17, 15) is 0 Å². The van der Waals surface area contributed by atoms with Crippen LogP contribution in [-0.2, 0) is 23.1 Å². The Morgan fingerprint density at radius 3 is 3.11 bits per heavy atom. The van der Waals surface area contributed by atoms with Crippen molar-refractivity contribution >= 4 is 0 Å². The van der Waals surface area contributed by atoms with Gasteiger partial charge in [0.2, 0.25) is 0 Å². The van der Waals surface area contributed by atoms with E-state index >= 15 is 0 Å². The highest BCUT2D eigenvalue weighted by atomic mass is 16.5. The van der Waals surface area contributed by atoms with Gasteiger partial charge in [0, 0.05) is 51.6 Å². The van der Waals surface area contributed by atoms with E-state index in [2.05, 4.69) is 21.9 Å². The second-order valence-electron chi connectivity index (χ2n) is 5.61. The number of aryl methyl sites for hydroxylation is 1. The van der Waals surface area contributed by atoms with Crippen LogP contribution in [0.15, 0.2) is 6.33 Å². The molecule has 5 nitrogen and oxygen atoms in total. The van der Waals surface area contributed by atoms with Gasteiger partial charge >= 0.3 is 0 Å². The Kier molecular flexibility index (Phi) is 4.15. The molecule has 0 unspecified atom stereocenters. The number of imidazole rings is 1. The Bertz CT molecular complexity index is 413. The summed E-state index contributed by atoms with van der Waals surface area (Å²) in [4.78, 5) is 4.43. The van der Waals surface area contributed by atoms with Gasteiger partial charge in [0.15, 0.2) is 0 Å². The molecule has 1 aromatic heterocycles. The van der Waals surface area contributed by atoms with Crippen molar-refractivity contribution in [2.24, 2.45) is 13.0 Å². The number of nitrogens with one attached hydrogen (secondary N) is 1. The fraction of sp³-hybridized carbons (Fsp3) is 0.786. The number of aromatic nitrogens is 2. The van der Waals surface area contributed by atoms with Gasteiger partial charge in [-0.2, -0.15) is 0 Å². The van der Waals surface area contributed by atoms with Gasteiger partial charge in [0.1, 0.15) is 0 Å². The van der Waals surface area contributed by atoms with Crippen molar-refractivity contribution in [3.8, 4) is 0 Å². The molecule has 2 aliphatic heterocycles. The van der Waals surface area contributed by atoms with Crippen LogP contribution in [0.3, 0.4) is 0 Å². The summed E-state index contributed by atoms with van der Waals surface area (Å²) >= 11 is 0. The molecule has 0 aromatic carbocycles. The number of rotatable bonds is 4.